The molecule has 0 aromatic heterocycles. The van der Waals surface area contributed by atoms with Crippen LogP contribution >= 0.6 is 0 Å². The Kier molecular flexibility index (Phi) is 5.17. The molecule has 1 aromatic rings. The lowest BCUT2D eigenvalue weighted by atomic mass is 9.84. The number of nitrogens with zero attached hydrogens (tertiary/aromatic N) is 2. The molecule has 0 radical (unpaired) electrons. The largest absolute Gasteiger partial charge is 0.322 e. The summed E-state index contributed by atoms with van der Waals surface area (Å²) >= 11 is 0. The molecule has 0 saturated heterocycles. The van der Waals surface area contributed by atoms with E-state index in [4.69, 9.17) is 5.26 Å². The highest BCUT2D eigenvalue weighted by Gasteiger charge is 2.24. The molecule has 5 heteroatoms. The molecule has 1 unspecified atom stereocenters. The molecular weight excluding hydrogens is 264 g/mol. The predicted octanol–water partition coefficient (Wildman–Crippen LogP) is 3.15. The van der Waals surface area contributed by atoms with Crippen LogP contribution < -0.4 is 10.6 Å². The van der Waals surface area contributed by atoms with E-state index in [1.807, 2.05) is 6.07 Å². The molecule has 0 heterocycles. The molecule has 0 spiro atoms. The number of hydrogen-bond acceptors (Lipinski definition) is 3. The second kappa shape index (κ2) is 7.31. The maximum atomic E-state index is 12.0. The van der Waals surface area contributed by atoms with E-state index < -0.39 is 12.1 Å². The fourth-order valence-electron chi connectivity index (χ4n) is 2.70. The first-order chi connectivity index (χ1) is 10.2. The van der Waals surface area contributed by atoms with Crippen molar-refractivity contribution < 1.29 is 4.79 Å². The molecular formula is C16H18N4O. The number of benzene rings is 1. The van der Waals surface area contributed by atoms with E-state index in [1.165, 1.54) is 6.42 Å². The van der Waals surface area contributed by atoms with Gasteiger partial charge in [-0.3, -0.25) is 0 Å². The summed E-state index contributed by atoms with van der Waals surface area (Å²) in [5.41, 5.74) is 1.03. The first kappa shape index (κ1) is 14.9. The highest BCUT2D eigenvalue weighted by molar-refractivity contribution is 5.89. The van der Waals surface area contributed by atoms with E-state index in [0.717, 1.165) is 25.7 Å². The molecule has 5 nitrogen and oxygen atoms in total. The molecule has 1 aliphatic rings. The lowest BCUT2D eigenvalue weighted by Crippen LogP contribution is -2.42. The van der Waals surface area contributed by atoms with Gasteiger partial charge in [0, 0.05) is 5.69 Å². The van der Waals surface area contributed by atoms with Gasteiger partial charge in [0.25, 0.3) is 0 Å². The second-order valence-electron chi connectivity index (χ2n) is 5.30. The van der Waals surface area contributed by atoms with Crippen LogP contribution in [0.3, 0.4) is 0 Å². The van der Waals surface area contributed by atoms with Gasteiger partial charge in [0.15, 0.2) is 0 Å². The van der Waals surface area contributed by atoms with Gasteiger partial charge in [-0.15, -0.1) is 0 Å². The Balaban J connectivity index is 1.93. The number of nitrogens with one attached hydrogen (secondary N) is 2. The van der Waals surface area contributed by atoms with Crippen molar-refractivity contribution in [3.05, 3.63) is 29.8 Å². The Bertz CT molecular complexity index is 579. The van der Waals surface area contributed by atoms with E-state index in [-0.39, 0.29) is 5.92 Å². The standard InChI is InChI=1S/C16H18N4O/c17-10-12-5-4-8-14(9-12)19-16(21)20-15(11-18)13-6-2-1-3-7-13/h4-5,8-9,13,15H,1-3,6-7H2,(H2,19,20,21). The van der Waals surface area contributed by atoms with Crippen molar-refractivity contribution in [1.29, 1.82) is 10.5 Å². The van der Waals surface area contributed by atoms with Crippen LogP contribution in [0.4, 0.5) is 10.5 Å². The summed E-state index contributed by atoms with van der Waals surface area (Å²) in [5, 5.41) is 23.5. The van der Waals surface area contributed by atoms with Crippen LogP contribution in [0, 0.1) is 28.6 Å². The topological polar surface area (TPSA) is 88.7 Å². The number of carbonyl (C=O) groups is 1. The van der Waals surface area contributed by atoms with Gasteiger partial charge in [-0.05, 0) is 37.0 Å². The number of hydrogen-bond donors (Lipinski definition) is 2. The van der Waals surface area contributed by atoms with E-state index in [2.05, 4.69) is 16.7 Å². The molecule has 2 amide bonds. The van der Waals surface area contributed by atoms with E-state index in [0.29, 0.717) is 11.3 Å². The van der Waals surface area contributed by atoms with Crippen molar-refractivity contribution >= 4 is 11.7 Å². The van der Waals surface area contributed by atoms with Crippen molar-refractivity contribution in [2.24, 2.45) is 5.92 Å². The van der Waals surface area contributed by atoms with Crippen LogP contribution in [0.1, 0.15) is 37.7 Å². The van der Waals surface area contributed by atoms with Gasteiger partial charge in [0.1, 0.15) is 6.04 Å². The van der Waals surface area contributed by atoms with Crippen molar-refractivity contribution in [2.75, 3.05) is 5.32 Å². The number of carbonyl (C=O) groups excluding carboxylic acids is 1. The Morgan fingerprint density at radius 2 is 2.00 bits per heavy atom. The molecule has 1 saturated carbocycles. The summed E-state index contributed by atoms with van der Waals surface area (Å²) < 4.78 is 0. The zero-order valence-electron chi connectivity index (χ0n) is 11.8. The number of nitriles is 2. The van der Waals surface area contributed by atoms with Gasteiger partial charge >= 0.3 is 6.03 Å². The average molecular weight is 282 g/mol. The molecule has 1 fully saturated rings. The van der Waals surface area contributed by atoms with Crippen molar-refractivity contribution in [2.45, 2.75) is 38.1 Å². The third kappa shape index (κ3) is 4.22. The third-order valence-corrected chi connectivity index (χ3v) is 3.80. The number of rotatable bonds is 3. The number of amides is 2. The van der Waals surface area contributed by atoms with Gasteiger partial charge in [0.05, 0.1) is 17.7 Å². The van der Waals surface area contributed by atoms with E-state index in [9.17, 15) is 10.1 Å². The maximum Gasteiger partial charge on any atom is 0.320 e. The molecule has 0 aliphatic heterocycles. The molecule has 21 heavy (non-hydrogen) atoms. The highest BCUT2D eigenvalue weighted by atomic mass is 16.2. The van der Waals surface area contributed by atoms with Gasteiger partial charge in [0.2, 0.25) is 0 Å². The normalized spacial score (nSPS) is 16.3. The summed E-state index contributed by atoms with van der Waals surface area (Å²) in [6, 6.07) is 10.0. The second-order valence-corrected chi connectivity index (χ2v) is 5.30. The minimum atomic E-state index is -0.454. The Morgan fingerprint density at radius 1 is 1.24 bits per heavy atom. The summed E-state index contributed by atoms with van der Waals surface area (Å²) in [6.45, 7) is 0. The molecule has 2 rings (SSSR count). The lowest BCUT2D eigenvalue weighted by Gasteiger charge is -2.26. The highest BCUT2D eigenvalue weighted by Crippen LogP contribution is 2.26. The van der Waals surface area contributed by atoms with Gasteiger partial charge in [-0.2, -0.15) is 10.5 Å². The summed E-state index contributed by atoms with van der Waals surface area (Å²) in [6.07, 6.45) is 5.43. The zero-order valence-corrected chi connectivity index (χ0v) is 11.8. The predicted molar refractivity (Wildman–Crippen MR) is 79.3 cm³/mol. The van der Waals surface area contributed by atoms with E-state index >= 15 is 0 Å². The van der Waals surface area contributed by atoms with Crippen molar-refractivity contribution in [3.63, 3.8) is 0 Å². The first-order valence-corrected chi connectivity index (χ1v) is 7.20. The molecule has 108 valence electrons. The van der Waals surface area contributed by atoms with Crippen LogP contribution in [-0.4, -0.2) is 12.1 Å². The summed E-state index contributed by atoms with van der Waals surface area (Å²) in [5.74, 6) is 0.236. The van der Waals surface area contributed by atoms with Crippen LogP contribution in [0.5, 0.6) is 0 Å². The molecule has 1 aliphatic carbocycles. The summed E-state index contributed by atoms with van der Waals surface area (Å²) in [4.78, 5) is 12.0. The molecule has 1 atom stereocenters. The molecule has 0 bridgehead atoms. The minimum absolute atomic E-state index is 0.236. The van der Waals surface area contributed by atoms with Gasteiger partial charge in [-0.25, -0.2) is 4.79 Å². The lowest BCUT2D eigenvalue weighted by molar-refractivity contribution is 0.241. The van der Waals surface area contributed by atoms with Crippen molar-refractivity contribution in [1.82, 2.24) is 5.32 Å². The number of urea groups is 1. The number of anilines is 1. The SMILES string of the molecule is N#Cc1cccc(NC(=O)NC(C#N)C2CCCCC2)c1. The first-order valence-electron chi connectivity index (χ1n) is 7.20. The molecule has 1 aromatic carbocycles. The third-order valence-electron chi connectivity index (χ3n) is 3.80. The Labute approximate surface area is 124 Å². The van der Waals surface area contributed by atoms with Crippen LogP contribution in [0.2, 0.25) is 0 Å². The van der Waals surface area contributed by atoms with E-state index in [1.54, 1.807) is 24.3 Å². The quantitative estimate of drug-likeness (QED) is 0.892. The molecule has 2 N–H and O–H groups in total. The fourth-order valence-corrected chi connectivity index (χ4v) is 2.70. The maximum absolute atomic E-state index is 12.0. The monoisotopic (exact) mass is 282 g/mol. The van der Waals surface area contributed by atoms with Crippen LogP contribution in [-0.2, 0) is 0 Å². The van der Waals surface area contributed by atoms with Gasteiger partial charge < -0.3 is 10.6 Å². The Hall–Kier alpha value is -2.53. The smallest absolute Gasteiger partial charge is 0.320 e. The van der Waals surface area contributed by atoms with Gasteiger partial charge in [-0.1, -0.05) is 25.3 Å². The van der Waals surface area contributed by atoms with Crippen molar-refractivity contribution in [3.8, 4) is 12.1 Å². The Morgan fingerprint density at radius 3 is 2.67 bits per heavy atom. The zero-order chi connectivity index (χ0) is 15.1. The minimum Gasteiger partial charge on any atom is -0.322 e. The average Bonchev–Trinajstić information content (AvgIpc) is 2.53. The van der Waals surface area contributed by atoms with Crippen LogP contribution in [0.25, 0.3) is 0 Å². The summed E-state index contributed by atoms with van der Waals surface area (Å²) in [7, 11) is 0. The van der Waals surface area contributed by atoms with Crippen LogP contribution in [0.15, 0.2) is 24.3 Å². The fraction of sp³-hybridized carbons (Fsp3) is 0.438.